The Balaban J connectivity index is 1.34. The third kappa shape index (κ3) is 2.71. The van der Waals surface area contributed by atoms with Gasteiger partial charge in [-0.1, -0.05) is 12.1 Å². The lowest BCUT2D eigenvalue weighted by Crippen LogP contribution is -2.47. The van der Waals surface area contributed by atoms with E-state index in [2.05, 4.69) is 39.4 Å². The zero-order chi connectivity index (χ0) is 19.4. The van der Waals surface area contributed by atoms with Crippen LogP contribution in [-0.2, 0) is 16.8 Å². The van der Waals surface area contributed by atoms with Crippen LogP contribution in [0.15, 0.2) is 30.6 Å². The van der Waals surface area contributed by atoms with Gasteiger partial charge >= 0.3 is 0 Å². The molecule has 4 heterocycles. The molecular weight excluding hydrogens is 366 g/mol. The molecule has 29 heavy (non-hydrogen) atoms. The van der Waals surface area contributed by atoms with E-state index in [9.17, 15) is 0 Å². The summed E-state index contributed by atoms with van der Waals surface area (Å²) >= 11 is 0. The molecule has 1 aliphatic carbocycles. The summed E-state index contributed by atoms with van der Waals surface area (Å²) in [6.45, 7) is 2.60. The highest BCUT2D eigenvalue weighted by Gasteiger charge is 2.43. The molecule has 0 bridgehead atoms. The number of ether oxygens (including phenoxy) is 2. The molecular formula is C22H25N5O2. The van der Waals surface area contributed by atoms with Gasteiger partial charge in [0.15, 0.2) is 0 Å². The molecule has 0 atom stereocenters. The number of hydrogen-bond donors (Lipinski definition) is 0. The number of methoxy groups -OCH3 is 1. The Kier molecular flexibility index (Phi) is 3.81. The summed E-state index contributed by atoms with van der Waals surface area (Å²) in [5.41, 5.74) is 5.51. The van der Waals surface area contributed by atoms with Crippen LogP contribution in [0.3, 0.4) is 0 Å². The average molecular weight is 391 g/mol. The van der Waals surface area contributed by atoms with Crippen molar-refractivity contribution >= 4 is 11.3 Å². The van der Waals surface area contributed by atoms with Gasteiger partial charge in [0.05, 0.1) is 25.1 Å². The predicted molar refractivity (Wildman–Crippen MR) is 109 cm³/mol. The molecule has 3 aliphatic rings. The van der Waals surface area contributed by atoms with E-state index in [0.717, 1.165) is 61.7 Å². The third-order valence-corrected chi connectivity index (χ3v) is 6.71. The van der Waals surface area contributed by atoms with Crippen molar-refractivity contribution in [2.24, 2.45) is 0 Å². The molecule has 0 amide bonds. The summed E-state index contributed by atoms with van der Waals surface area (Å²) in [5.74, 6) is 1.55. The van der Waals surface area contributed by atoms with Crippen molar-refractivity contribution < 1.29 is 9.47 Å². The van der Waals surface area contributed by atoms with Crippen LogP contribution in [0, 0.1) is 0 Å². The molecule has 2 aromatic heterocycles. The molecule has 1 saturated carbocycles. The Labute approximate surface area is 169 Å². The summed E-state index contributed by atoms with van der Waals surface area (Å²) in [7, 11) is 1.76. The first-order valence-electron chi connectivity index (χ1n) is 10.5. The summed E-state index contributed by atoms with van der Waals surface area (Å²) in [4.78, 5) is 2.43. The van der Waals surface area contributed by atoms with Crippen molar-refractivity contribution in [2.75, 3.05) is 31.7 Å². The minimum atomic E-state index is -0.257. The minimum absolute atomic E-state index is 0.257. The van der Waals surface area contributed by atoms with E-state index in [1.807, 2.05) is 4.52 Å². The molecule has 7 heteroatoms. The largest absolute Gasteiger partial charge is 0.496 e. The molecule has 6 rings (SSSR count). The van der Waals surface area contributed by atoms with Gasteiger partial charge in [-0.2, -0.15) is 9.61 Å². The van der Waals surface area contributed by atoms with Crippen LogP contribution in [0.2, 0.25) is 0 Å². The van der Waals surface area contributed by atoms with E-state index in [1.54, 1.807) is 13.4 Å². The van der Waals surface area contributed by atoms with E-state index in [0.29, 0.717) is 5.92 Å². The maximum Gasteiger partial charge on any atom is 0.200 e. The number of benzene rings is 1. The molecule has 2 aliphatic heterocycles. The Hall–Kier alpha value is -2.67. The number of piperidine rings is 1. The second kappa shape index (κ2) is 6.42. The van der Waals surface area contributed by atoms with Gasteiger partial charge in [0.25, 0.3) is 0 Å². The fraction of sp³-hybridized carbons (Fsp3) is 0.500. The first-order valence-corrected chi connectivity index (χ1v) is 10.5. The number of rotatable bonds is 3. The van der Waals surface area contributed by atoms with Crippen molar-refractivity contribution in [3.05, 3.63) is 47.4 Å². The van der Waals surface area contributed by atoms with E-state index >= 15 is 0 Å². The Morgan fingerprint density at radius 2 is 2.07 bits per heavy atom. The highest BCUT2D eigenvalue weighted by molar-refractivity contribution is 5.69. The highest BCUT2D eigenvalue weighted by Crippen LogP contribution is 2.47. The Morgan fingerprint density at radius 1 is 1.21 bits per heavy atom. The molecule has 0 N–H and O–H groups in total. The van der Waals surface area contributed by atoms with Gasteiger partial charge in [0, 0.05) is 24.6 Å². The lowest BCUT2D eigenvalue weighted by Gasteiger charge is -2.46. The standard InChI is InChI=1S/C22H25N5O2/c1-28-19-4-2-3-16-7-12-29-22(20(16)19)8-10-26(11-9-22)18-13-17(15-5-6-15)25-27-14-23-24-21(18)27/h2-4,13-15H,5-12H2,1H3. The number of nitrogens with zero attached hydrogens (tertiary/aromatic N) is 5. The maximum atomic E-state index is 6.45. The molecule has 1 saturated heterocycles. The fourth-order valence-corrected chi connectivity index (χ4v) is 5.04. The van der Waals surface area contributed by atoms with Crippen molar-refractivity contribution in [3.8, 4) is 5.75 Å². The maximum absolute atomic E-state index is 6.45. The lowest BCUT2D eigenvalue weighted by atomic mass is 9.78. The van der Waals surface area contributed by atoms with Gasteiger partial charge in [0.1, 0.15) is 17.7 Å². The Bertz CT molecular complexity index is 1050. The first kappa shape index (κ1) is 17.2. The summed E-state index contributed by atoms with van der Waals surface area (Å²) < 4.78 is 14.0. The van der Waals surface area contributed by atoms with Crippen LogP contribution in [0.5, 0.6) is 5.75 Å². The van der Waals surface area contributed by atoms with E-state index in [4.69, 9.17) is 14.6 Å². The van der Waals surface area contributed by atoms with Gasteiger partial charge < -0.3 is 14.4 Å². The van der Waals surface area contributed by atoms with Crippen LogP contribution in [0.25, 0.3) is 5.65 Å². The zero-order valence-electron chi connectivity index (χ0n) is 16.7. The zero-order valence-corrected chi connectivity index (χ0v) is 16.7. The number of anilines is 1. The van der Waals surface area contributed by atoms with Crippen LogP contribution < -0.4 is 9.64 Å². The number of hydrogen-bond acceptors (Lipinski definition) is 6. The monoisotopic (exact) mass is 391 g/mol. The molecule has 150 valence electrons. The second-order valence-electron chi connectivity index (χ2n) is 8.40. The summed E-state index contributed by atoms with van der Waals surface area (Å²) in [6.07, 6.45) is 6.99. The van der Waals surface area contributed by atoms with Crippen LogP contribution in [0.1, 0.15) is 48.4 Å². The van der Waals surface area contributed by atoms with Gasteiger partial charge in [0.2, 0.25) is 5.65 Å². The van der Waals surface area contributed by atoms with Crippen LogP contribution >= 0.6 is 0 Å². The lowest BCUT2D eigenvalue weighted by molar-refractivity contribution is -0.0779. The van der Waals surface area contributed by atoms with Crippen molar-refractivity contribution in [1.29, 1.82) is 0 Å². The van der Waals surface area contributed by atoms with Crippen molar-refractivity contribution in [1.82, 2.24) is 19.8 Å². The summed E-state index contributed by atoms with van der Waals surface area (Å²) in [5, 5.41) is 13.1. The topological polar surface area (TPSA) is 64.8 Å². The fourth-order valence-electron chi connectivity index (χ4n) is 5.04. The molecule has 1 aromatic carbocycles. The Morgan fingerprint density at radius 3 is 2.86 bits per heavy atom. The molecule has 2 fully saturated rings. The van der Waals surface area contributed by atoms with Gasteiger partial charge in [-0.3, -0.25) is 0 Å². The number of aromatic nitrogens is 4. The molecule has 1 spiro atoms. The van der Waals surface area contributed by atoms with Gasteiger partial charge in [-0.15, -0.1) is 10.2 Å². The van der Waals surface area contributed by atoms with Crippen LogP contribution in [0.4, 0.5) is 5.69 Å². The van der Waals surface area contributed by atoms with E-state index in [-0.39, 0.29) is 5.60 Å². The molecule has 7 nitrogen and oxygen atoms in total. The summed E-state index contributed by atoms with van der Waals surface area (Å²) in [6, 6.07) is 8.60. The van der Waals surface area contributed by atoms with Crippen molar-refractivity contribution in [2.45, 2.75) is 43.6 Å². The first-order chi connectivity index (χ1) is 14.3. The van der Waals surface area contributed by atoms with Crippen molar-refractivity contribution in [3.63, 3.8) is 0 Å². The van der Waals surface area contributed by atoms with Crippen LogP contribution in [-0.4, -0.2) is 46.6 Å². The quantitative estimate of drug-likeness (QED) is 0.684. The highest BCUT2D eigenvalue weighted by atomic mass is 16.5. The molecule has 0 radical (unpaired) electrons. The van der Waals surface area contributed by atoms with Gasteiger partial charge in [-0.05, 0) is 49.8 Å². The number of fused-ring (bicyclic) bond motifs is 3. The predicted octanol–water partition coefficient (Wildman–Crippen LogP) is 3.08. The second-order valence-corrected chi connectivity index (χ2v) is 8.40. The van der Waals surface area contributed by atoms with Gasteiger partial charge in [-0.25, -0.2) is 0 Å². The molecule has 0 unspecified atom stereocenters. The SMILES string of the molecule is COc1cccc2c1C1(CCN(c3cc(C4CC4)nn4cnnc34)CC1)OCC2. The third-order valence-electron chi connectivity index (χ3n) is 6.71. The van der Waals surface area contributed by atoms with E-state index < -0.39 is 0 Å². The molecule has 3 aromatic rings. The average Bonchev–Trinajstić information content (AvgIpc) is 3.51. The van der Waals surface area contributed by atoms with E-state index in [1.165, 1.54) is 24.0 Å². The smallest absolute Gasteiger partial charge is 0.200 e. The normalized spacial score (nSPS) is 20.8. The minimum Gasteiger partial charge on any atom is -0.496 e.